The SMILES string of the molecule is O=C(Nc1ccc(CO)cc1)c1cc(Cl)c[nH]1. The van der Waals surface area contributed by atoms with Crippen LogP contribution < -0.4 is 5.32 Å². The van der Waals surface area contributed by atoms with Gasteiger partial charge in [0.15, 0.2) is 0 Å². The summed E-state index contributed by atoms with van der Waals surface area (Å²) >= 11 is 5.71. The molecule has 2 rings (SSSR count). The van der Waals surface area contributed by atoms with Gasteiger partial charge in [0.05, 0.1) is 11.6 Å². The predicted molar refractivity (Wildman–Crippen MR) is 66.1 cm³/mol. The molecule has 0 aliphatic heterocycles. The Morgan fingerprint density at radius 3 is 2.59 bits per heavy atom. The molecule has 1 aromatic carbocycles. The fourth-order valence-electron chi connectivity index (χ4n) is 1.39. The number of carbonyl (C=O) groups is 1. The fraction of sp³-hybridized carbons (Fsp3) is 0.0833. The lowest BCUT2D eigenvalue weighted by Crippen LogP contribution is -2.12. The van der Waals surface area contributed by atoms with E-state index in [-0.39, 0.29) is 12.5 Å². The molecule has 1 amide bonds. The Balaban J connectivity index is 2.07. The number of aromatic nitrogens is 1. The first-order chi connectivity index (χ1) is 8.19. The van der Waals surface area contributed by atoms with Gasteiger partial charge in [-0.2, -0.15) is 0 Å². The quantitative estimate of drug-likeness (QED) is 0.783. The van der Waals surface area contributed by atoms with Crippen LogP contribution in [0.2, 0.25) is 5.02 Å². The second-order valence-corrected chi connectivity index (χ2v) is 3.98. The Hall–Kier alpha value is -1.78. The number of anilines is 1. The average Bonchev–Trinajstić information content (AvgIpc) is 2.77. The van der Waals surface area contributed by atoms with Gasteiger partial charge >= 0.3 is 0 Å². The van der Waals surface area contributed by atoms with E-state index >= 15 is 0 Å². The lowest BCUT2D eigenvalue weighted by molar-refractivity contribution is 0.102. The summed E-state index contributed by atoms with van der Waals surface area (Å²) in [5, 5.41) is 12.1. The number of hydrogen-bond acceptors (Lipinski definition) is 2. The van der Waals surface area contributed by atoms with Gasteiger partial charge in [-0.25, -0.2) is 0 Å². The molecule has 0 radical (unpaired) electrons. The van der Waals surface area contributed by atoms with Crippen LogP contribution in [0.5, 0.6) is 0 Å². The molecule has 1 aromatic heterocycles. The number of nitrogens with one attached hydrogen (secondary N) is 2. The number of hydrogen-bond donors (Lipinski definition) is 3. The normalized spacial score (nSPS) is 10.2. The van der Waals surface area contributed by atoms with Gasteiger partial charge in [0.25, 0.3) is 5.91 Å². The Morgan fingerprint density at radius 1 is 1.35 bits per heavy atom. The van der Waals surface area contributed by atoms with E-state index in [2.05, 4.69) is 10.3 Å². The molecule has 0 saturated heterocycles. The van der Waals surface area contributed by atoms with Gasteiger partial charge in [-0.15, -0.1) is 0 Å². The first-order valence-corrected chi connectivity index (χ1v) is 5.42. The van der Waals surface area contributed by atoms with Crippen LogP contribution in [0, 0.1) is 0 Å². The van der Waals surface area contributed by atoms with Crippen LogP contribution in [-0.2, 0) is 6.61 Å². The number of rotatable bonds is 3. The van der Waals surface area contributed by atoms with E-state index in [1.54, 1.807) is 36.5 Å². The summed E-state index contributed by atoms with van der Waals surface area (Å²) in [6.45, 7) is -0.0134. The third kappa shape index (κ3) is 2.87. The highest BCUT2D eigenvalue weighted by Gasteiger charge is 2.07. The van der Waals surface area contributed by atoms with E-state index in [9.17, 15) is 4.79 Å². The smallest absolute Gasteiger partial charge is 0.272 e. The number of aliphatic hydroxyl groups is 1. The van der Waals surface area contributed by atoms with Crippen molar-refractivity contribution in [2.75, 3.05) is 5.32 Å². The van der Waals surface area contributed by atoms with E-state index in [0.717, 1.165) is 5.56 Å². The molecule has 17 heavy (non-hydrogen) atoms. The van der Waals surface area contributed by atoms with Crippen molar-refractivity contribution in [3.63, 3.8) is 0 Å². The van der Waals surface area contributed by atoms with E-state index in [1.165, 1.54) is 0 Å². The molecule has 0 fully saturated rings. The van der Waals surface area contributed by atoms with Crippen molar-refractivity contribution in [3.8, 4) is 0 Å². The minimum Gasteiger partial charge on any atom is -0.392 e. The number of halogens is 1. The number of aliphatic hydroxyl groups excluding tert-OH is 1. The molecule has 4 nitrogen and oxygen atoms in total. The van der Waals surface area contributed by atoms with Gasteiger partial charge in [0.1, 0.15) is 5.69 Å². The highest BCUT2D eigenvalue weighted by atomic mass is 35.5. The van der Waals surface area contributed by atoms with Gasteiger partial charge in [-0.05, 0) is 23.8 Å². The molecule has 0 aliphatic rings. The molecule has 0 bridgehead atoms. The summed E-state index contributed by atoms with van der Waals surface area (Å²) in [7, 11) is 0. The topological polar surface area (TPSA) is 65.1 Å². The zero-order valence-corrected chi connectivity index (χ0v) is 9.66. The van der Waals surface area contributed by atoms with Crippen molar-refractivity contribution in [1.82, 2.24) is 4.98 Å². The first-order valence-electron chi connectivity index (χ1n) is 5.04. The van der Waals surface area contributed by atoms with Gasteiger partial charge in [0, 0.05) is 11.9 Å². The van der Waals surface area contributed by atoms with Crippen LogP contribution in [0.25, 0.3) is 0 Å². The van der Waals surface area contributed by atoms with E-state index in [0.29, 0.717) is 16.4 Å². The predicted octanol–water partition coefficient (Wildman–Crippen LogP) is 2.41. The first kappa shape index (κ1) is 11.7. The summed E-state index contributed by atoms with van der Waals surface area (Å²) in [6, 6.07) is 8.51. The van der Waals surface area contributed by atoms with Gasteiger partial charge in [0.2, 0.25) is 0 Å². The number of aromatic amines is 1. The molecule has 0 aliphatic carbocycles. The van der Waals surface area contributed by atoms with Crippen molar-refractivity contribution < 1.29 is 9.90 Å². The maximum atomic E-state index is 11.7. The van der Waals surface area contributed by atoms with Gasteiger partial charge < -0.3 is 15.4 Å². The number of carbonyl (C=O) groups excluding carboxylic acids is 1. The van der Waals surface area contributed by atoms with Crippen molar-refractivity contribution >= 4 is 23.2 Å². The number of H-pyrrole nitrogens is 1. The lowest BCUT2D eigenvalue weighted by Gasteiger charge is -2.04. The third-order valence-electron chi connectivity index (χ3n) is 2.29. The fourth-order valence-corrected chi connectivity index (χ4v) is 1.55. The zero-order valence-electron chi connectivity index (χ0n) is 8.90. The van der Waals surface area contributed by atoms with Crippen LogP contribution in [-0.4, -0.2) is 16.0 Å². The summed E-state index contributed by atoms with van der Waals surface area (Å²) in [4.78, 5) is 14.5. The van der Waals surface area contributed by atoms with Gasteiger partial charge in [-0.1, -0.05) is 23.7 Å². The molecular weight excluding hydrogens is 240 g/mol. The monoisotopic (exact) mass is 250 g/mol. The van der Waals surface area contributed by atoms with Crippen LogP contribution in [0.1, 0.15) is 16.1 Å². The highest BCUT2D eigenvalue weighted by molar-refractivity contribution is 6.31. The minimum absolute atomic E-state index is 0.0134. The highest BCUT2D eigenvalue weighted by Crippen LogP contribution is 2.13. The zero-order chi connectivity index (χ0) is 12.3. The number of amides is 1. The average molecular weight is 251 g/mol. The Bertz CT molecular complexity index is 520. The second kappa shape index (κ2) is 5.03. The third-order valence-corrected chi connectivity index (χ3v) is 2.51. The summed E-state index contributed by atoms with van der Waals surface area (Å²) in [5.41, 5.74) is 1.87. The second-order valence-electron chi connectivity index (χ2n) is 3.54. The molecule has 0 unspecified atom stereocenters. The minimum atomic E-state index is -0.256. The van der Waals surface area contributed by atoms with Crippen LogP contribution in [0.4, 0.5) is 5.69 Å². The summed E-state index contributed by atoms with van der Waals surface area (Å²) < 4.78 is 0. The van der Waals surface area contributed by atoms with E-state index in [4.69, 9.17) is 16.7 Å². The van der Waals surface area contributed by atoms with E-state index < -0.39 is 0 Å². The largest absolute Gasteiger partial charge is 0.392 e. The maximum Gasteiger partial charge on any atom is 0.272 e. The standard InChI is InChI=1S/C12H11ClN2O2/c13-9-5-11(14-6-9)12(17)15-10-3-1-8(7-16)2-4-10/h1-6,14,16H,7H2,(H,15,17). The number of benzene rings is 1. The van der Waals surface area contributed by atoms with Crippen LogP contribution in [0.15, 0.2) is 36.5 Å². The molecule has 2 aromatic rings. The maximum absolute atomic E-state index is 11.7. The molecule has 1 heterocycles. The van der Waals surface area contributed by atoms with Crippen molar-refractivity contribution in [2.24, 2.45) is 0 Å². The Labute approximate surface area is 103 Å². The van der Waals surface area contributed by atoms with E-state index in [1.807, 2.05) is 0 Å². The van der Waals surface area contributed by atoms with Gasteiger partial charge in [-0.3, -0.25) is 4.79 Å². The molecule has 3 N–H and O–H groups in total. The lowest BCUT2D eigenvalue weighted by atomic mass is 10.2. The molecule has 0 atom stereocenters. The molecule has 0 spiro atoms. The molecule has 0 saturated carbocycles. The van der Waals surface area contributed by atoms with Crippen molar-refractivity contribution in [1.29, 1.82) is 0 Å². The molecular formula is C12H11ClN2O2. The Kier molecular flexibility index (Phi) is 3.46. The molecule has 88 valence electrons. The van der Waals surface area contributed by atoms with Crippen molar-refractivity contribution in [2.45, 2.75) is 6.61 Å². The Morgan fingerprint density at radius 2 is 2.06 bits per heavy atom. The van der Waals surface area contributed by atoms with Crippen molar-refractivity contribution in [3.05, 3.63) is 52.8 Å². The van der Waals surface area contributed by atoms with Crippen LogP contribution >= 0.6 is 11.6 Å². The summed E-state index contributed by atoms with van der Waals surface area (Å²) in [6.07, 6.45) is 1.55. The van der Waals surface area contributed by atoms with Crippen LogP contribution in [0.3, 0.4) is 0 Å². The molecule has 5 heteroatoms. The summed E-state index contributed by atoms with van der Waals surface area (Å²) in [5.74, 6) is -0.256.